The van der Waals surface area contributed by atoms with Crippen molar-refractivity contribution in [2.24, 2.45) is 0 Å². The van der Waals surface area contributed by atoms with E-state index in [1.807, 2.05) is 6.79 Å². The van der Waals surface area contributed by atoms with Crippen molar-refractivity contribution in [2.75, 3.05) is 26.2 Å². The van der Waals surface area contributed by atoms with E-state index >= 15 is 0 Å². The smallest absolute Gasteiger partial charge is 0.106 e. The number of nitrogens with one attached hydrogen (secondary N) is 1. The van der Waals surface area contributed by atoms with Crippen molar-refractivity contribution in [3.8, 4) is 0 Å². The first-order valence-electron chi connectivity index (χ1n) is 5.70. The van der Waals surface area contributed by atoms with Gasteiger partial charge in [0, 0.05) is 32.2 Å². The molecule has 2 fully saturated rings. The second kappa shape index (κ2) is 6.96. The largest absolute Gasteiger partial charge is 0.314 e. The average Bonchev–Trinajstić information content (AvgIpc) is 2.34. The standard InChI is InChI=1S/C10H20N2.CH2O/c1-2-4-10(5-3-1)12-8-6-11-7-9-12;1-2/h10-11H,1-9H2;1H2. The van der Waals surface area contributed by atoms with Crippen molar-refractivity contribution < 1.29 is 4.79 Å². The lowest BCUT2D eigenvalue weighted by Gasteiger charge is -2.36. The van der Waals surface area contributed by atoms with E-state index in [1.54, 1.807) is 0 Å². The molecule has 2 rings (SSSR count). The Hall–Kier alpha value is -0.410. The number of carbonyl (C=O) groups is 1. The minimum absolute atomic E-state index is 0.931. The van der Waals surface area contributed by atoms with Gasteiger partial charge in [-0.05, 0) is 12.8 Å². The molecule has 1 N–H and O–H groups in total. The van der Waals surface area contributed by atoms with Crippen molar-refractivity contribution in [1.29, 1.82) is 0 Å². The predicted octanol–water partition coefficient (Wildman–Crippen LogP) is 1.04. The number of piperazine rings is 1. The maximum absolute atomic E-state index is 8.00. The Morgan fingerprint density at radius 1 is 1.00 bits per heavy atom. The molecule has 1 saturated carbocycles. The highest BCUT2D eigenvalue weighted by atomic mass is 16.1. The summed E-state index contributed by atoms with van der Waals surface area (Å²) in [4.78, 5) is 10.7. The van der Waals surface area contributed by atoms with Crippen molar-refractivity contribution in [1.82, 2.24) is 10.2 Å². The van der Waals surface area contributed by atoms with Crippen LogP contribution in [-0.4, -0.2) is 43.9 Å². The third kappa shape index (κ3) is 3.39. The van der Waals surface area contributed by atoms with Crippen LogP contribution in [0, 0.1) is 0 Å². The quantitative estimate of drug-likeness (QED) is 0.683. The van der Waals surface area contributed by atoms with Gasteiger partial charge < -0.3 is 10.1 Å². The lowest BCUT2D eigenvalue weighted by Crippen LogP contribution is -2.48. The Morgan fingerprint density at radius 3 is 2.14 bits per heavy atom. The molecule has 0 amide bonds. The van der Waals surface area contributed by atoms with Crippen molar-refractivity contribution >= 4 is 6.79 Å². The van der Waals surface area contributed by atoms with Crippen LogP contribution in [0.2, 0.25) is 0 Å². The molecule has 1 heterocycles. The summed E-state index contributed by atoms with van der Waals surface area (Å²) >= 11 is 0. The van der Waals surface area contributed by atoms with Crippen LogP contribution in [0.5, 0.6) is 0 Å². The third-order valence-electron chi connectivity index (χ3n) is 3.24. The van der Waals surface area contributed by atoms with Crippen LogP contribution in [0.1, 0.15) is 32.1 Å². The van der Waals surface area contributed by atoms with Gasteiger partial charge in [-0.1, -0.05) is 19.3 Å². The second-order valence-electron chi connectivity index (χ2n) is 4.08. The Morgan fingerprint density at radius 2 is 1.57 bits per heavy atom. The summed E-state index contributed by atoms with van der Waals surface area (Å²) in [6.07, 6.45) is 7.33. The molecular weight excluding hydrogens is 176 g/mol. The van der Waals surface area contributed by atoms with Gasteiger partial charge in [0.25, 0.3) is 0 Å². The summed E-state index contributed by atoms with van der Waals surface area (Å²) < 4.78 is 0. The van der Waals surface area contributed by atoms with Gasteiger partial charge in [0.2, 0.25) is 0 Å². The monoisotopic (exact) mass is 198 g/mol. The second-order valence-corrected chi connectivity index (χ2v) is 4.08. The van der Waals surface area contributed by atoms with E-state index < -0.39 is 0 Å². The third-order valence-corrected chi connectivity index (χ3v) is 3.24. The highest BCUT2D eigenvalue weighted by Gasteiger charge is 2.21. The highest BCUT2D eigenvalue weighted by molar-refractivity contribution is 5.10. The molecule has 82 valence electrons. The summed E-state index contributed by atoms with van der Waals surface area (Å²) in [7, 11) is 0. The zero-order valence-corrected chi connectivity index (χ0v) is 9.00. The fourth-order valence-electron chi connectivity index (χ4n) is 2.49. The van der Waals surface area contributed by atoms with Crippen LogP contribution >= 0.6 is 0 Å². The molecule has 1 aliphatic carbocycles. The summed E-state index contributed by atoms with van der Waals surface area (Å²) in [5, 5.41) is 3.41. The molecular formula is C11H22N2O. The lowest BCUT2D eigenvalue weighted by molar-refractivity contribution is -0.0979. The number of hydrogen-bond acceptors (Lipinski definition) is 3. The van der Waals surface area contributed by atoms with Crippen molar-refractivity contribution in [2.45, 2.75) is 38.1 Å². The van der Waals surface area contributed by atoms with E-state index in [1.165, 1.54) is 58.3 Å². The van der Waals surface area contributed by atoms with Crippen molar-refractivity contribution in [3.05, 3.63) is 0 Å². The van der Waals surface area contributed by atoms with Crippen LogP contribution in [0.25, 0.3) is 0 Å². The molecule has 1 aliphatic heterocycles. The molecule has 0 unspecified atom stereocenters. The summed E-state index contributed by atoms with van der Waals surface area (Å²) in [6.45, 7) is 6.97. The number of carbonyl (C=O) groups excluding carboxylic acids is 1. The van der Waals surface area contributed by atoms with Gasteiger partial charge in [-0.3, -0.25) is 4.90 Å². The fraction of sp³-hybridized carbons (Fsp3) is 0.909. The fourth-order valence-corrected chi connectivity index (χ4v) is 2.49. The first kappa shape index (κ1) is 11.7. The van der Waals surface area contributed by atoms with Gasteiger partial charge in [-0.2, -0.15) is 0 Å². The van der Waals surface area contributed by atoms with Crippen LogP contribution in [-0.2, 0) is 4.79 Å². The summed E-state index contributed by atoms with van der Waals surface area (Å²) in [5.41, 5.74) is 0. The van der Waals surface area contributed by atoms with E-state index in [0.29, 0.717) is 0 Å². The molecule has 0 aromatic carbocycles. The molecule has 0 radical (unpaired) electrons. The molecule has 0 spiro atoms. The van der Waals surface area contributed by atoms with Crippen LogP contribution in [0.4, 0.5) is 0 Å². The summed E-state index contributed by atoms with van der Waals surface area (Å²) in [5.74, 6) is 0. The van der Waals surface area contributed by atoms with Gasteiger partial charge in [0.05, 0.1) is 0 Å². The van der Waals surface area contributed by atoms with Crippen LogP contribution in [0.15, 0.2) is 0 Å². The molecule has 1 saturated heterocycles. The summed E-state index contributed by atoms with van der Waals surface area (Å²) in [6, 6.07) is 0.931. The topological polar surface area (TPSA) is 32.3 Å². The van der Waals surface area contributed by atoms with E-state index in [4.69, 9.17) is 4.79 Å². The van der Waals surface area contributed by atoms with Crippen LogP contribution in [0.3, 0.4) is 0 Å². The van der Waals surface area contributed by atoms with Gasteiger partial charge in [-0.15, -0.1) is 0 Å². The first-order valence-corrected chi connectivity index (χ1v) is 5.70. The Kier molecular flexibility index (Phi) is 5.80. The SMILES string of the molecule is C1CCC(N2CCNCC2)CC1.C=O. The van der Waals surface area contributed by atoms with Crippen molar-refractivity contribution in [3.63, 3.8) is 0 Å². The molecule has 14 heavy (non-hydrogen) atoms. The molecule has 0 bridgehead atoms. The Balaban J connectivity index is 0.000000461. The van der Waals surface area contributed by atoms with Gasteiger partial charge in [0.1, 0.15) is 6.79 Å². The predicted molar refractivity (Wildman–Crippen MR) is 58.4 cm³/mol. The normalized spacial score (nSPS) is 25.1. The van der Waals surface area contributed by atoms with E-state index in [2.05, 4.69) is 10.2 Å². The van der Waals surface area contributed by atoms with Gasteiger partial charge in [-0.25, -0.2) is 0 Å². The Labute approximate surface area is 86.9 Å². The maximum atomic E-state index is 8.00. The molecule has 0 aromatic heterocycles. The van der Waals surface area contributed by atoms with Crippen LogP contribution < -0.4 is 5.32 Å². The zero-order chi connectivity index (χ0) is 10.2. The molecule has 0 atom stereocenters. The highest BCUT2D eigenvalue weighted by Crippen LogP contribution is 2.22. The first-order chi connectivity index (χ1) is 6.97. The van der Waals surface area contributed by atoms with Gasteiger partial charge >= 0.3 is 0 Å². The number of rotatable bonds is 1. The maximum Gasteiger partial charge on any atom is 0.106 e. The molecule has 3 nitrogen and oxygen atoms in total. The Bertz CT molecular complexity index is 124. The average molecular weight is 198 g/mol. The molecule has 3 heteroatoms. The minimum Gasteiger partial charge on any atom is -0.314 e. The lowest BCUT2D eigenvalue weighted by atomic mass is 9.94. The van der Waals surface area contributed by atoms with E-state index in [-0.39, 0.29) is 0 Å². The number of nitrogens with zero attached hydrogens (tertiary/aromatic N) is 1. The molecule has 0 aromatic rings. The van der Waals surface area contributed by atoms with E-state index in [0.717, 1.165) is 6.04 Å². The number of hydrogen-bond donors (Lipinski definition) is 1. The zero-order valence-electron chi connectivity index (χ0n) is 9.00. The minimum atomic E-state index is 0.931. The van der Waals surface area contributed by atoms with Gasteiger partial charge in [0.15, 0.2) is 0 Å². The van der Waals surface area contributed by atoms with E-state index in [9.17, 15) is 0 Å². The molecule has 2 aliphatic rings.